The number of fused-ring (bicyclic) bond motifs is 1. The van der Waals surface area contributed by atoms with E-state index in [0.717, 1.165) is 20.2 Å². The molecular formula is C7H6N6S2. The van der Waals surface area contributed by atoms with Crippen LogP contribution in [0.4, 0.5) is 0 Å². The van der Waals surface area contributed by atoms with Gasteiger partial charge in [-0.2, -0.15) is 5.10 Å². The second kappa shape index (κ2) is 3.31. The summed E-state index contributed by atoms with van der Waals surface area (Å²) < 4.78 is 2.67. The van der Waals surface area contributed by atoms with Crippen LogP contribution < -0.4 is 0 Å². The molecule has 0 bridgehead atoms. The molecule has 0 aliphatic heterocycles. The fourth-order valence-electron chi connectivity index (χ4n) is 1.16. The maximum Gasteiger partial charge on any atom is 0.213 e. The number of imidazole rings is 1. The van der Waals surface area contributed by atoms with Crippen molar-refractivity contribution in [3.63, 3.8) is 0 Å². The first-order chi connectivity index (χ1) is 7.31. The number of nitrogens with one attached hydrogen (secondary N) is 1. The van der Waals surface area contributed by atoms with Gasteiger partial charge in [-0.3, -0.25) is 5.10 Å². The molecule has 3 aromatic rings. The van der Waals surface area contributed by atoms with Gasteiger partial charge >= 0.3 is 0 Å². The van der Waals surface area contributed by atoms with E-state index in [0.29, 0.717) is 0 Å². The van der Waals surface area contributed by atoms with Crippen molar-refractivity contribution in [2.24, 2.45) is 0 Å². The molecule has 3 heterocycles. The van der Waals surface area contributed by atoms with Crippen molar-refractivity contribution in [3.8, 4) is 0 Å². The zero-order valence-electron chi connectivity index (χ0n) is 7.71. The number of hydrogen-bond acceptors (Lipinski definition) is 6. The lowest BCUT2D eigenvalue weighted by atomic mass is 10.6. The molecule has 0 unspecified atom stereocenters. The second-order valence-electron chi connectivity index (χ2n) is 2.87. The molecule has 0 radical (unpaired) electrons. The molecule has 0 saturated heterocycles. The van der Waals surface area contributed by atoms with E-state index in [1.807, 2.05) is 13.1 Å². The summed E-state index contributed by atoms with van der Waals surface area (Å²) in [7, 11) is 0. The molecule has 0 saturated carbocycles. The van der Waals surface area contributed by atoms with E-state index in [4.69, 9.17) is 0 Å². The average Bonchev–Trinajstić information content (AvgIpc) is 2.81. The third-order valence-corrected chi connectivity index (χ3v) is 3.59. The van der Waals surface area contributed by atoms with Crippen LogP contribution >= 0.6 is 23.1 Å². The van der Waals surface area contributed by atoms with Crippen LogP contribution in [0, 0.1) is 6.92 Å². The Kier molecular flexibility index (Phi) is 1.96. The molecule has 76 valence electrons. The average molecular weight is 238 g/mol. The van der Waals surface area contributed by atoms with Crippen LogP contribution in [0.3, 0.4) is 0 Å². The fourth-order valence-corrected chi connectivity index (χ4v) is 2.94. The minimum atomic E-state index is 0.740. The van der Waals surface area contributed by atoms with Crippen molar-refractivity contribution < 1.29 is 0 Å². The van der Waals surface area contributed by atoms with Gasteiger partial charge in [0.05, 0.1) is 11.9 Å². The van der Waals surface area contributed by atoms with E-state index in [1.54, 1.807) is 4.52 Å². The normalized spacial score (nSPS) is 11.3. The smallest absolute Gasteiger partial charge is 0.213 e. The summed E-state index contributed by atoms with van der Waals surface area (Å²) in [6.45, 7) is 1.95. The second-order valence-corrected chi connectivity index (χ2v) is 5.06. The first-order valence-corrected chi connectivity index (χ1v) is 5.80. The molecule has 6 nitrogen and oxygen atoms in total. The Hall–Kier alpha value is -1.41. The van der Waals surface area contributed by atoms with Gasteiger partial charge in [-0.25, -0.2) is 14.5 Å². The molecule has 3 rings (SSSR count). The topological polar surface area (TPSA) is 71.8 Å². The molecule has 0 aliphatic carbocycles. The minimum Gasteiger partial charge on any atom is -0.254 e. The quantitative estimate of drug-likeness (QED) is 0.730. The van der Waals surface area contributed by atoms with E-state index in [2.05, 4.69) is 25.3 Å². The van der Waals surface area contributed by atoms with Gasteiger partial charge in [0.1, 0.15) is 6.33 Å². The summed E-state index contributed by atoms with van der Waals surface area (Å²) in [6.07, 6.45) is 3.38. The zero-order chi connectivity index (χ0) is 10.3. The predicted molar refractivity (Wildman–Crippen MR) is 56.1 cm³/mol. The molecule has 1 N–H and O–H groups in total. The summed E-state index contributed by atoms with van der Waals surface area (Å²) in [5, 5.41) is 11.6. The van der Waals surface area contributed by atoms with Gasteiger partial charge < -0.3 is 0 Å². The zero-order valence-corrected chi connectivity index (χ0v) is 9.34. The Bertz CT molecular complexity index is 548. The van der Waals surface area contributed by atoms with E-state index in [1.165, 1.54) is 29.4 Å². The van der Waals surface area contributed by atoms with Crippen LogP contribution in [-0.4, -0.2) is 29.8 Å². The van der Waals surface area contributed by atoms with Crippen molar-refractivity contribution in [3.05, 3.63) is 18.2 Å². The number of aryl methyl sites for hydroxylation is 1. The third-order valence-electron chi connectivity index (χ3n) is 1.72. The van der Waals surface area contributed by atoms with Crippen molar-refractivity contribution in [2.75, 3.05) is 0 Å². The molecule has 3 aromatic heterocycles. The highest BCUT2D eigenvalue weighted by molar-refractivity contribution is 8.00. The van der Waals surface area contributed by atoms with E-state index in [9.17, 15) is 0 Å². The first kappa shape index (κ1) is 8.86. The monoisotopic (exact) mass is 238 g/mol. The number of aromatic nitrogens is 6. The molecule has 8 heteroatoms. The Morgan fingerprint density at radius 3 is 3.20 bits per heavy atom. The molecule has 0 amide bonds. The van der Waals surface area contributed by atoms with Gasteiger partial charge in [-0.15, -0.1) is 5.10 Å². The number of hydrogen-bond donors (Lipinski definition) is 1. The van der Waals surface area contributed by atoms with Crippen LogP contribution in [0.15, 0.2) is 22.0 Å². The van der Waals surface area contributed by atoms with Gasteiger partial charge in [0.2, 0.25) is 4.96 Å². The van der Waals surface area contributed by atoms with Crippen molar-refractivity contribution >= 4 is 28.1 Å². The van der Waals surface area contributed by atoms with Gasteiger partial charge in [0, 0.05) is 0 Å². The Balaban J connectivity index is 1.95. The van der Waals surface area contributed by atoms with Gasteiger partial charge in [-0.1, -0.05) is 11.3 Å². The van der Waals surface area contributed by atoms with Crippen molar-refractivity contribution in [1.29, 1.82) is 0 Å². The third kappa shape index (κ3) is 1.61. The number of aromatic amines is 1. The first-order valence-electron chi connectivity index (χ1n) is 4.17. The molecule has 0 fully saturated rings. The van der Waals surface area contributed by atoms with E-state index < -0.39 is 0 Å². The Morgan fingerprint density at radius 1 is 1.53 bits per heavy atom. The highest BCUT2D eigenvalue weighted by Gasteiger charge is 2.08. The van der Waals surface area contributed by atoms with E-state index in [-0.39, 0.29) is 0 Å². The maximum atomic E-state index is 4.36. The van der Waals surface area contributed by atoms with Crippen LogP contribution in [-0.2, 0) is 0 Å². The molecule has 15 heavy (non-hydrogen) atoms. The predicted octanol–water partition coefficient (Wildman–Crippen LogP) is 1.37. The van der Waals surface area contributed by atoms with Crippen molar-refractivity contribution in [1.82, 2.24) is 29.8 Å². The summed E-state index contributed by atoms with van der Waals surface area (Å²) in [5.41, 5.74) is 0.977. The molecule has 0 aliphatic rings. The van der Waals surface area contributed by atoms with Crippen molar-refractivity contribution in [2.45, 2.75) is 16.4 Å². The SMILES string of the molecule is Cc1cn2nc(Sc3ncn[nH]3)sc2n1. The highest BCUT2D eigenvalue weighted by Crippen LogP contribution is 2.28. The van der Waals surface area contributed by atoms with Crippen LogP contribution in [0.5, 0.6) is 0 Å². The summed E-state index contributed by atoms with van der Waals surface area (Å²) >= 11 is 2.98. The standard InChI is InChI=1S/C7H6N6S2/c1-4-2-13-6(10-4)15-7(12-13)14-5-8-3-9-11-5/h2-3H,1H3,(H,8,9,11). The van der Waals surface area contributed by atoms with Crippen LogP contribution in [0.2, 0.25) is 0 Å². The van der Waals surface area contributed by atoms with Gasteiger partial charge in [0.25, 0.3) is 0 Å². The summed E-state index contributed by atoms with van der Waals surface area (Å²) in [6, 6.07) is 0. The summed E-state index contributed by atoms with van der Waals surface area (Å²) in [5.74, 6) is 0. The van der Waals surface area contributed by atoms with Crippen LogP contribution in [0.1, 0.15) is 5.69 Å². The highest BCUT2D eigenvalue weighted by atomic mass is 32.2. The van der Waals surface area contributed by atoms with Gasteiger partial charge in [-0.05, 0) is 18.7 Å². The number of nitrogens with zero attached hydrogens (tertiary/aromatic N) is 5. The fraction of sp³-hybridized carbons (Fsp3) is 0.143. The lowest BCUT2D eigenvalue weighted by Gasteiger charge is -1.86. The largest absolute Gasteiger partial charge is 0.254 e. The maximum absolute atomic E-state index is 4.36. The molecule has 0 atom stereocenters. The van der Waals surface area contributed by atoms with Gasteiger partial charge in [0.15, 0.2) is 9.50 Å². The molecule has 0 spiro atoms. The Labute approximate surface area is 92.8 Å². The minimum absolute atomic E-state index is 0.740. The van der Waals surface area contributed by atoms with Crippen LogP contribution in [0.25, 0.3) is 4.96 Å². The number of H-pyrrole nitrogens is 1. The lowest BCUT2D eigenvalue weighted by molar-refractivity contribution is 0.905. The van der Waals surface area contributed by atoms with E-state index >= 15 is 0 Å². The lowest BCUT2D eigenvalue weighted by Crippen LogP contribution is -1.81. The molecular weight excluding hydrogens is 232 g/mol. The number of rotatable bonds is 2. The molecule has 0 aromatic carbocycles. The summed E-state index contributed by atoms with van der Waals surface area (Å²) in [4.78, 5) is 9.24. The Morgan fingerprint density at radius 2 is 2.47 bits per heavy atom.